The molecule has 1 heterocycles. The summed E-state index contributed by atoms with van der Waals surface area (Å²) in [6.07, 6.45) is 6.79. The number of piperazine rings is 1. The lowest BCUT2D eigenvalue weighted by Crippen LogP contribution is -2.63. The molecule has 1 aliphatic heterocycles. The molecule has 1 N–H and O–H groups in total. The van der Waals surface area contributed by atoms with Crippen LogP contribution in [0.5, 0.6) is 0 Å². The highest BCUT2D eigenvalue weighted by molar-refractivity contribution is 5.17. The first kappa shape index (κ1) is 13.1. The van der Waals surface area contributed by atoms with E-state index in [2.05, 4.69) is 47.5 Å². The summed E-state index contributed by atoms with van der Waals surface area (Å²) in [4.78, 5) is 2.75. The van der Waals surface area contributed by atoms with Gasteiger partial charge in [-0.15, -0.1) is 0 Å². The van der Waals surface area contributed by atoms with Crippen LogP contribution in [0.1, 0.15) is 38.2 Å². The van der Waals surface area contributed by atoms with Gasteiger partial charge in [-0.1, -0.05) is 50.1 Å². The van der Waals surface area contributed by atoms with Gasteiger partial charge in [-0.2, -0.15) is 0 Å². The molecular formula is C17H26N2. The van der Waals surface area contributed by atoms with Gasteiger partial charge in [-0.05, 0) is 31.4 Å². The van der Waals surface area contributed by atoms with Gasteiger partial charge in [0.25, 0.3) is 0 Å². The van der Waals surface area contributed by atoms with Gasteiger partial charge in [0, 0.05) is 24.7 Å². The van der Waals surface area contributed by atoms with Crippen LogP contribution in [0, 0.1) is 0 Å². The Balaban J connectivity index is 1.65. The maximum Gasteiger partial charge on any atom is 0.0334 e. The average molecular weight is 258 g/mol. The van der Waals surface area contributed by atoms with Gasteiger partial charge >= 0.3 is 0 Å². The second-order valence-electron chi connectivity index (χ2n) is 6.24. The summed E-state index contributed by atoms with van der Waals surface area (Å²) in [5.74, 6) is 0. The van der Waals surface area contributed by atoms with Crippen LogP contribution in [-0.2, 0) is 6.42 Å². The van der Waals surface area contributed by atoms with Crippen LogP contribution in [-0.4, -0.2) is 36.1 Å². The highest BCUT2D eigenvalue weighted by Gasteiger charge is 2.42. The molecule has 1 spiro atoms. The maximum absolute atomic E-state index is 3.82. The molecule has 19 heavy (non-hydrogen) atoms. The van der Waals surface area contributed by atoms with Crippen molar-refractivity contribution in [1.29, 1.82) is 0 Å². The van der Waals surface area contributed by atoms with Gasteiger partial charge in [-0.25, -0.2) is 0 Å². The van der Waals surface area contributed by atoms with Crippen LogP contribution in [0.2, 0.25) is 0 Å². The predicted molar refractivity (Wildman–Crippen MR) is 80.4 cm³/mol. The summed E-state index contributed by atoms with van der Waals surface area (Å²) in [5, 5.41) is 3.82. The average Bonchev–Trinajstić information content (AvgIpc) is 2.92. The number of nitrogens with zero attached hydrogens (tertiary/aromatic N) is 1. The van der Waals surface area contributed by atoms with E-state index in [1.807, 2.05) is 0 Å². The molecule has 2 aliphatic rings. The molecule has 1 aromatic carbocycles. The number of hydrogen-bond acceptors (Lipinski definition) is 2. The highest BCUT2D eigenvalue weighted by atomic mass is 15.3. The highest BCUT2D eigenvalue weighted by Crippen LogP contribution is 2.36. The first-order chi connectivity index (χ1) is 9.32. The summed E-state index contributed by atoms with van der Waals surface area (Å²) >= 11 is 0. The smallest absolute Gasteiger partial charge is 0.0334 e. The van der Waals surface area contributed by atoms with E-state index < -0.39 is 0 Å². The van der Waals surface area contributed by atoms with E-state index >= 15 is 0 Å². The molecule has 2 heteroatoms. The largest absolute Gasteiger partial charge is 0.311 e. The van der Waals surface area contributed by atoms with Crippen LogP contribution in [0.15, 0.2) is 30.3 Å². The SMILES string of the molecule is CCN1CC(Cc2ccccc2)NCC12CCCC2. The van der Waals surface area contributed by atoms with Crippen LogP contribution in [0.25, 0.3) is 0 Å². The third-order valence-corrected chi connectivity index (χ3v) is 5.07. The molecule has 1 aliphatic carbocycles. The Hall–Kier alpha value is -0.860. The van der Waals surface area contributed by atoms with Crippen molar-refractivity contribution in [3.05, 3.63) is 35.9 Å². The first-order valence-electron chi connectivity index (χ1n) is 7.85. The van der Waals surface area contributed by atoms with Crippen LogP contribution >= 0.6 is 0 Å². The number of rotatable bonds is 3. The van der Waals surface area contributed by atoms with Crippen molar-refractivity contribution in [1.82, 2.24) is 10.2 Å². The van der Waals surface area contributed by atoms with Crippen molar-refractivity contribution < 1.29 is 0 Å². The van der Waals surface area contributed by atoms with E-state index in [0.717, 1.165) is 6.42 Å². The molecule has 0 amide bonds. The standard InChI is InChI=1S/C17H26N2/c1-2-19-13-16(12-15-8-4-3-5-9-15)18-14-17(19)10-6-7-11-17/h3-5,8-9,16,18H,2,6-7,10-14H2,1H3. The van der Waals surface area contributed by atoms with Gasteiger partial charge in [-0.3, -0.25) is 4.90 Å². The summed E-state index contributed by atoms with van der Waals surface area (Å²) in [6.45, 7) is 5.93. The van der Waals surface area contributed by atoms with Gasteiger partial charge in [0.2, 0.25) is 0 Å². The number of benzene rings is 1. The van der Waals surface area contributed by atoms with Crippen molar-refractivity contribution in [3.8, 4) is 0 Å². The molecule has 1 atom stereocenters. The van der Waals surface area contributed by atoms with E-state index in [1.54, 1.807) is 0 Å². The van der Waals surface area contributed by atoms with E-state index in [9.17, 15) is 0 Å². The minimum absolute atomic E-state index is 0.488. The van der Waals surface area contributed by atoms with Crippen molar-refractivity contribution in [2.45, 2.75) is 50.6 Å². The molecule has 2 fully saturated rings. The quantitative estimate of drug-likeness (QED) is 0.897. The Labute approximate surface area is 117 Å². The molecule has 1 aromatic rings. The fraction of sp³-hybridized carbons (Fsp3) is 0.647. The maximum atomic E-state index is 3.82. The predicted octanol–water partition coefficient (Wildman–Crippen LogP) is 2.84. The van der Waals surface area contributed by atoms with Crippen molar-refractivity contribution in [2.24, 2.45) is 0 Å². The zero-order chi connectivity index (χ0) is 13.1. The van der Waals surface area contributed by atoms with Gasteiger partial charge in [0.15, 0.2) is 0 Å². The van der Waals surface area contributed by atoms with E-state index in [-0.39, 0.29) is 0 Å². The van der Waals surface area contributed by atoms with Crippen molar-refractivity contribution >= 4 is 0 Å². The minimum atomic E-state index is 0.488. The molecule has 1 saturated heterocycles. The Morgan fingerprint density at radius 3 is 2.63 bits per heavy atom. The molecule has 0 bridgehead atoms. The molecule has 104 valence electrons. The molecule has 1 saturated carbocycles. The van der Waals surface area contributed by atoms with Crippen LogP contribution < -0.4 is 5.32 Å². The molecular weight excluding hydrogens is 232 g/mol. The Kier molecular flexibility index (Phi) is 3.90. The van der Waals surface area contributed by atoms with E-state index in [4.69, 9.17) is 0 Å². The second-order valence-corrected chi connectivity index (χ2v) is 6.24. The fourth-order valence-electron chi connectivity index (χ4n) is 4.00. The Bertz CT molecular complexity index is 395. The van der Waals surface area contributed by atoms with Crippen molar-refractivity contribution in [2.75, 3.05) is 19.6 Å². The third-order valence-electron chi connectivity index (χ3n) is 5.07. The van der Waals surface area contributed by atoms with Crippen LogP contribution in [0.3, 0.4) is 0 Å². The molecule has 0 aromatic heterocycles. The van der Waals surface area contributed by atoms with Crippen LogP contribution in [0.4, 0.5) is 0 Å². The minimum Gasteiger partial charge on any atom is -0.311 e. The zero-order valence-electron chi connectivity index (χ0n) is 12.1. The molecule has 2 nitrogen and oxygen atoms in total. The summed E-state index contributed by atoms with van der Waals surface area (Å²) in [5.41, 5.74) is 1.94. The van der Waals surface area contributed by atoms with Crippen molar-refractivity contribution in [3.63, 3.8) is 0 Å². The fourth-order valence-corrected chi connectivity index (χ4v) is 4.00. The monoisotopic (exact) mass is 258 g/mol. The van der Waals surface area contributed by atoms with E-state index in [0.29, 0.717) is 11.6 Å². The zero-order valence-corrected chi connectivity index (χ0v) is 12.1. The third kappa shape index (κ3) is 2.70. The first-order valence-corrected chi connectivity index (χ1v) is 7.85. The van der Waals surface area contributed by atoms with Gasteiger partial charge in [0.1, 0.15) is 0 Å². The number of nitrogens with one attached hydrogen (secondary N) is 1. The lowest BCUT2D eigenvalue weighted by atomic mass is 9.89. The molecule has 0 radical (unpaired) electrons. The number of likely N-dealkylation sites (N-methyl/N-ethyl adjacent to an activating group) is 1. The topological polar surface area (TPSA) is 15.3 Å². The molecule has 3 rings (SSSR count). The Morgan fingerprint density at radius 1 is 1.21 bits per heavy atom. The summed E-state index contributed by atoms with van der Waals surface area (Å²) in [6, 6.07) is 11.5. The molecule has 1 unspecified atom stereocenters. The normalized spacial score (nSPS) is 26.9. The lowest BCUT2D eigenvalue weighted by Gasteiger charge is -2.48. The summed E-state index contributed by atoms with van der Waals surface area (Å²) < 4.78 is 0. The summed E-state index contributed by atoms with van der Waals surface area (Å²) in [7, 11) is 0. The number of hydrogen-bond donors (Lipinski definition) is 1. The lowest BCUT2D eigenvalue weighted by molar-refractivity contribution is 0.0482. The second kappa shape index (κ2) is 5.64. The van der Waals surface area contributed by atoms with Gasteiger partial charge < -0.3 is 5.32 Å². The van der Waals surface area contributed by atoms with E-state index in [1.165, 1.54) is 50.9 Å². The van der Waals surface area contributed by atoms with Gasteiger partial charge in [0.05, 0.1) is 0 Å². The Morgan fingerprint density at radius 2 is 1.95 bits per heavy atom.